The van der Waals surface area contributed by atoms with Gasteiger partial charge in [-0.05, 0) is 114 Å². The summed E-state index contributed by atoms with van der Waals surface area (Å²) in [7, 11) is -15.3. The number of ether oxygens (including phenoxy) is 2. The molecule has 0 saturated heterocycles. The summed E-state index contributed by atoms with van der Waals surface area (Å²) in [5.41, 5.74) is 1.07. The number of nitrogens with two attached hydrogens (primary N) is 2. The summed E-state index contributed by atoms with van der Waals surface area (Å²) >= 11 is 0. The van der Waals surface area contributed by atoms with Crippen LogP contribution in [0.15, 0.2) is 105 Å². The molecule has 0 aliphatic rings. The molecule has 16 nitrogen and oxygen atoms in total. The van der Waals surface area contributed by atoms with Crippen LogP contribution in [-0.4, -0.2) is 59.7 Å². The molecule has 4 rings (SSSR count). The fourth-order valence-corrected chi connectivity index (χ4v) is 9.22. The maximum atomic E-state index is 12.6. The predicted octanol–water partition coefficient (Wildman–Crippen LogP) is 3.72. The lowest BCUT2D eigenvalue weighted by Crippen LogP contribution is -2.32. The van der Waals surface area contributed by atoms with E-state index in [0.29, 0.717) is 11.1 Å². The molecule has 6 N–H and O–H groups in total. The molecule has 0 fully saturated rings. The third-order valence-corrected chi connectivity index (χ3v) is 12.3. The van der Waals surface area contributed by atoms with Crippen LogP contribution in [0.5, 0.6) is 11.5 Å². The Morgan fingerprint density at radius 1 is 0.500 bits per heavy atom. The van der Waals surface area contributed by atoms with E-state index in [4.69, 9.17) is 19.8 Å². The number of carbonyl (C=O) groups excluding carboxylic acids is 2. The van der Waals surface area contributed by atoms with E-state index in [1.165, 1.54) is 50.6 Å². The van der Waals surface area contributed by atoms with Crippen LogP contribution in [0, 0.1) is 34.5 Å². The van der Waals surface area contributed by atoms with Crippen LogP contribution in [0.4, 0.5) is 0 Å². The Labute approximate surface area is 351 Å². The zero-order valence-electron chi connectivity index (χ0n) is 33.8. The average molecular weight is 901 g/mol. The molecule has 0 radical (unpaired) electrons. The van der Waals surface area contributed by atoms with Crippen molar-refractivity contribution in [2.45, 2.75) is 61.1 Å². The van der Waals surface area contributed by atoms with E-state index in [-0.39, 0.29) is 33.5 Å². The molecule has 0 heterocycles. The maximum Gasteiger partial charge on any atom is 0.265 e. The number of primary sulfonamides is 2. The number of rotatable bonds is 10. The van der Waals surface area contributed by atoms with Crippen molar-refractivity contribution in [1.82, 2.24) is 9.44 Å². The number of hydrogen-bond donors (Lipinski definition) is 4. The highest BCUT2D eigenvalue weighted by molar-refractivity contribution is 7.93. The first-order valence-electron chi connectivity index (χ1n) is 17.3. The monoisotopic (exact) mass is 900 g/mol. The molecule has 60 heavy (non-hydrogen) atoms. The molecular weight excluding hydrogens is 857 g/mol. The zero-order valence-corrected chi connectivity index (χ0v) is 37.0. The van der Waals surface area contributed by atoms with Crippen molar-refractivity contribution in [3.8, 4) is 35.2 Å². The lowest BCUT2D eigenvalue weighted by molar-refractivity contribution is 0.0972. The van der Waals surface area contributed by atoms with Gasteiger partial charge in [-0.2, -0.15) is 0 Å². The van der Waals surface area contributed by atoms with Crippen molar-refractivity contribution < 1.29 is 52.7 Å². The summed E-state index contributed by atoms with van der Waals surface area (Å²) in [5, 5.41) is 10.2. The van der Waals surface area contributed by atoms with Gasteiger partial charge in [0.15, 0.2) is 0 Å². The number of carbonyl (C=O) groups is 2. The molecule has 2 amide bonds. The van der Waals surface area contributed by atoms with E-state index in [1.54, 1.807) is 24.3 Å². The Kier molecular flexibility index (Phi) is 15.1. The molecule has 0 unspecified atom stereocenters. The lowest BCUT2D eigenvalue weighted by Gasteiger charge is -2.12. The van der Waals surface area contributed by atoms with Crippen molar-refractivity contribution in [3.05, 3.63) is 107 Å². The largest absolute Gasteiger partial charge is 0.497 e. The maximum absolute atomic E-state index is 12.6. The topological polar surface area (TPSA) is 265 Å². The standard InChI is InChI=1S/2C20H22N2O6S2/c2*1-20(2,3)12-11-14-5-7-15(8-6-14)19(23)22-30(26,27)17-10-9-16(28-4)13-18(17)29(21,24)25/h2*5-10,13H,1-4H3,(H,22,23)(H2,21,24,25). The summed E-state index contributed by atoms with van der Waals surface area (Å²) in [6.07, 6.45) is 0. The fourth-order valence-electron chi connectivity index (χ4n) is 4.52. The van der Waals surface area contributed by atoms with Gasteiger partial charge in [-0.25, -0.2) is 53.4 Å². The second-order valence-electron chi connectivity index (χ2n) is 14.7. The predicted molar refractivity (Wildman–Crippen MR) is 224 cm³/mol. The van der Waals surface area contributed by atoms with Crippen LogP contribution in [0.3, 0.4) is 0 Å². The van der Waals surface area contributed by atoms with Crippen molar-refractivity contribution >= 4 is 51.9 Å². The number of hydrogen-bond acceptors (Lipinski definition) is 12. The second kappa shape index (κ2) is 18.7. The van der Waals surface area contributed by atoms with Crippen LogP contribution in [-0.2, 0) is 40.1 Å². The van der Waals surface area contributed by atoms with Crippen molar-refractivity contribution in [3.63, 3.8) is 0 Å². The van der Waals surface area contributed by atoms with Crippen molar-refractivity contribution in [2.75, 3.05) is 14.2 Å². The number of sulfonamides is 4. The Morgan fingerprint density at radius 2 is 0.800 bits per heavy atom. The van der Waals surface area contributed by atoms with Gasteiger partial charge in [0.1, 0.15) is 31.1 Å². The molecular formula is C40H44N4O12S4. The van der Waals surface area contributed by atoms with Crippen molar-refractivity contribution in [2.24, 2.45) is 21.1 Å². The van der Waals surface area contributed by atoms with E-state index >= 15 is 0 Å². The fraction of sp³-hybridized carbons (Fsp3) is 0.250. The smallest absolute Gasteiger partial charge is 0.265 e. The van der Waals surface area contributed by atoms with Gasteiger partial charge in [0.05, 0.1) is 14.2 Å². The average Bonchev–Trinajstić information content (AvgIpc) is 3.14. The molecule has 0 saturated carbocycles. The Morgan fingerprint density at radius 3 is 1.05 bits per heavy atom. The van der Waals surface area contributed by atoms with Crippen LogP contribution >= 0.6 is 0 Å². The minimum Gasteiger partial charge on any atom is -0.497 e. The Bertz CT molecular complexity index is 2660. The molecule has 0 bridgehead atoms. The highest BCUT2D eigenvalue weighted by atomic mass is 32.2. The zero-order chi connectivity index (χ0) is 45.5. The molecule has 0 spiro atoms. The second-order valence-corrected chi connectivity index (χ2v) is 21.1. The molecule has 320 valence electrons. The van der Waals surface area contributed by atoms with Gasteiger partial charge in [0.2, 0.25) is 20.0 Å². The summed E-state index contributed by atoms with van der Waals surface area (Å²) in [5.74, 6) is 10.4. The first kappa shape index (κ1) is 48.6. The van der Waals surface area contributed by atoms with E-state index in [9.17, 15) is 43.3 Å². The summed E-state index contributed by atoms with van der Waals surface area (Å²) in [6.45, 7) is 11.8. The highest BCUT2D eigenvalue weighted by Crippen LogP contribution is 2.27. The van der Waals surface area contributed by atoms with E-state index in [1.807, 2.05) is 51.0 Å². The highest BCUT2D eigenvalue weighted by Gasteiger charge is 2.29. The van der Waals surface area contributed by atoms with Gasteiger partial charge in [0, 0.05) is 45.2 Å². The summed E-state index contributed by atoms with van der Waals surface area (Å²) < 4.78 is 111. The minimum absolute atomic E-state index is 0.0607. The molecule has 4 aromatic carbocycles. The molecule has 0 aliphatic heterocycles. The third kappa shape index (κ3) is 14.2. The molecule has 0 aliphatic carbocycles. The van der Waals surface area contributed by atoms with E-state index in [0.717, 1.165) is 24.3 Å². The van der Waals surface area contributed by atoms with Crippen LogP contribution < -0.4 is 29.2 Å². The number of nitrogens with one attached hydrogen (secondary N) is 2. The number of benzene rings is 4. The van der Waals surface area contributed by atoms with Crippen LogP contribution in [0.25, 0.3) is 0 Å². The number of methoxy groups -OCH3 is 2. The first-order chi connectivity index (χ1) is 27.5. The summed E-state index contributed by atoms with van der Waals surface area (Å²) in [6, 6.07) is 18.5. The summed E-state index contributed by atoms with van der Waals surface area (Å²) in [4.78, 5) is 22.1. The minimum atomic E-state index is -4.53. The molecule has 20 heteroatoms. The van der Waals surface area contributed by atoms with Gasteiger partial charge < -0.3 is 9.47 Å². The molecule has 4 aromatic rings. The Balaban J connectivity index is 0.000000320. The van der Waals surface area contributed by atoms with E-state index in [2.05, 4.69) is 23.7 Å². The van der Waals surface area contributed by atoms with Gasteiger partial charge in [-0.1, -0.05) is 23.7 Å². The van der Waals surface area contributed by atoms with Gasteiger partial charge in [0.25, 0.3) is 31.9 Å². The van der Waals surface area contributed by atoms with Crippen molar-refractivity contribution in [1.29, 1.82) is 0 Å². The van der Waals surface area contributed by atoms with Crippen LogP contribution in [0.1, 0.15) is 73.4 Å². The first-order valence-corrected chi connectivity index (χ1v) is 23.3. The number of amides is 2. The SMILES string of the molecule is COc1ccc(S(=O)(=O)NC(=O)c2ccc(C#CC(C)(C)C)cc2)c(S(N)(=O)=O)c1.COc1ccc(S(=O)(=O)NC(=O)c2ccc(C#CC(C)(C)C)cc2)c(S(N)(=O)=O)c1. The normalized spacial score (nSPS) is 11.9. The van der Waals surface area contributed by atoms with Gasteiger partial charge in [-0.3, -0.25) is 9.59 Å². The van der Waals surface area contributed by atoms with E-state index < -0.39 is 71.5 Å². The lowest BCUT2D eigenvalue weighted by atomic mass is 9.97. The molecule has 0 aromatic heterocycles. The van der Waals surface area contributed by atoms with Gasteiger partial charge in [-0.15, -0.1) is 0 Å². The van der Waals surface area contributed by atoms with Gasteiger partial charge >= 0.3 is 0 Å². The van der Waals surface area contributed by atoms with Crippen LogP contribution in [0.2, 0.25) is 0 Å². The Hall–Kier alpha value is -5.74. The molecule has 0 atom stereocenters. The quantitative estimate of drug-likeness (QED) is 0.166. The third-order valence-electron chi connectivity index (χ3n) is 7.41.